The zero-order valence-corrected chi connectivity index (χ0v) is 7.33. The van der Waals surface area contributed by atoms with Crippen LogP contribution in [0.2, 0.25) is 0 Å². The van der Waals surface area contributed by atoms with Crippen LogP contribution in [0.3, 0.4) is 0 Å². The molecule has 0 atom stereocenters. The molecule has 0 radical (unpaired) electrons. The van der Waals surface area contributed by atoms with Crippen LogP contribution in [-0.4, -0.2) is 21.9 Å². The number of fused-ring (bicyclic) bond motifs is 1. The lowest BCUT2D eigenvalue weighted by atomic mass is 10.2. The predicted molar refractivity (Wildman–Crippen MR) is 47.2 cm³/mol. The highest BCUT2D eigenvalue weighted by Gasteiger charge is 2.17. The van der Waals surface area contributed by atoms with Gasteiger partial charge in [0.15, 0.2) is 0 Å². The van der Waals surface area contributed by atoms with Crippen LogP contribution in [0.4, 0.5) is 0 Å². The number of rotatable bonds is 0. The van der Waals surface area contributed by atoms with E-state index < -0.39 is 0 Å². The third-order valence-electron chi connectivity index (χ3n) is 2.31. The highest BCUT2D eigenvalue weighted by atomic mass is 15.1. The molecule has 4 nitrogen and oxygen atoms in total. The summed E-state index contributed by atoms with van der Waals surface area (Å²) >= 11 is 0. The van der Waals surface area contributed by atoms with E-state index in [1.165, 1.54) is 5.69 Å². The molecule has 1 aromatic rings. The van der Waals surface area contributed by atoms with Gasteiger partial charge in [-0.2, -0.15) is 0 Å². The first-order valence-corrected chi connectivity index (χ1v) is 4.02. The Morgan fingerprint density at radius 1 is 1.50 bits per heavy atom. The molecule has 12 heavy (non-hydrogen) atoms. The molecule has 0 spiro atoms. The second-order valence-electron chi connectivity index (χ2n) is 3.03. The lowest BCUT2D eigenvalue weighted by molar-refractivity contribution is 0.771. The van der Waals surface area contributed by atoms with Crippen LogP contribution in [0.25, 0.3) is 0 Å². The molecule has 1 aliphatic rings. The van der Waals surface area contributed by atoms with Gasteiger partial charge in [-0.05, 0) is 6.92 Å². The number of nitrogens with zero attached hydrogens (tertiary/aromatic N) is 3. The van der Waals surface area contributed by atoms with E-state index in [9.17, 15) is 0 Å². The topological polar surface area (TPSA) is 56.2 Å². The number of hydrogen-bond acceptors (Lipinski definition) is 3. The zero-order valence-electron chi connectivity index (χ0n) is 7.33. The van der Waals surface area contributed by atoms with Gasteiger partial charge in [-0.1, -0.05) is 0 Å². The van der Waals surface area contributed by atoms with Crippen LogP contribution in [-0.2, 0) is 13.5 Å². The first-order chi connectivity index (χ1) is 5.70. The van der Waals surface area contributed by atoms with Gasteiger partial charge in [0.2, 0.25) is 0 Å². The summed E-state index contributed by atoms with van der Waals surface area (Å²) in [6.45, 7) is 2.77. The van der Waals surface area contributed by atoms with Crippen molar-refractivity contribution in [2.75, 3.05) is 6.54 Å². The molecule has 0 fully saturated rings. The van der Waals surface area contributed by atoms with Gasteiger partial charge in [-0.25, -0.2) is 4.98 Å². The zero-order chi connectivity index (χ0) is 8.72. The Bertz CT molecular complexity index is 348. The van der Waals surface area contributed by atoms with E-state index in [1.54, 1.807) is 0 Å². The number of imidazole rings is 1. The van der Waals surface area contributed by atoms with Crippen LogP contribution in [0.1, 0.15) is 17.2 Å². The monoisotopic (exact) mass is 164 g/mol. The van der Waals surface area contributed by atoms with E-state index in [-0.39, 0.29) is 0 Å². The van der Waals surface area contributed by atoms with Crippen LogP contribution in [0, 0.1) is 6.92 Å². The minimum Gasteiger partial charge on any atom is -0.382 e. The normalized spacial score (nSPS) is 15.7. The van der Waals surface area contributed by atoms with E-state index in [4.69, 9.17) is 5.73 Å². The third-order valence-corrected chi connectivity index (χ3v) is 2.31. The average Bonchev–Trinajstić information content (AvgIpc) is 2.32. The summed E-state index contributed by atoms with van der Waals surface area (Å²) in [6.07, 6.45) is 0.952. The number of hydrogen-bond donors (Lipinski definition) is 1. The Labute approximate surface area is 71.1 Å². The van der Waals surface area contributed by atoms with Crippen LogP contribution in [0.5, 0.6) is 0 Å². The summed E-state index contributed by atoms with van der Waals surface area (Å²) in [6, 6.07) is 0. The van der Waals surface area contributed by atoms with E-state index in [1.807, 2.05) is 14.0 Å². The number of nitrogens with two attached hydrogens (primary N) is 1. The summed E-state index contributed by atoms with van der Waals surface area (Å²) in [7, 11) is 2.01. The minimum absolute atomic E-state index is 0.583. The van der Waals surface area contributed by atoms with Crippen molar-refractivity contribution in [3.05, 3.63) is 17.2 Å². The number of aromatic nitrogens is 2. The molecule has 0 amide bonds. The fraction of sp³-hybridized carbons (Fsp3) is 0.500. The molecule has 1 aliphatic heterocycles. The molecule has 0 unspecified atom stereocenters. The van der Waals surface area contributed by atoms with Gasteiger partial charge in [-0.3, -0.25) is 4.99 Å². The molecule has 0 saturated carbocycles. The summed E-state index contributed by atoms with van der Waals surface area (Å²) in [4.78, 5) is 8.48. The molecule has 64 valence electrons. The van der Waals surface area contributed by atoms with Crippen LogP contribution in [0.15, 0.2) is 4.99 Å². The smallest absolute Gasteiger partial charge is 0.146 e. The second kappa shape index (κ2) is 2.33. The number of aliphatic imine (C=N–C) groups is 1. The van der Waals surface area contributed by atoms with Gasteiger partial charge < -0.3 is 10.3 Å². The molecule has 2 rings (SSSR count). The summed E-state index contributed by atoms with van der Waals surface area (Å²) in [5.41, 5.74) is 7.79. The maximum Gasteiger partial charge on any atom is 0.146 e. The first kappa shape index (κ1) is 7.34. The van der Waals surface area contributed by atoms with Gasteiger partial charge in [0, 0.05) is 20.0 Å². The molecule has 1 aromatic heterocycles. The highest BCUT2D eigenvalue weighted by molar-refractivity contribution is 5.97. The Morgan fingerprint density at radius 3 is 2.92 bits per heavy atom. The van der Waals surface area contributed by atoms with Crippen molar-refractivity contribution in [1.29, 1.82) is 0 Å². The van der Waals surface area contributed by atoms with Crippen molar-refractivity contribution >= 4 is 5.84 Å². The van der Waals surface area contributed by atoms with Gasteiger partial charge in [0.05, 0.1) is 5.69 Å². The van der Waals surface area contributed by atoms with Crippen LogP contribution >= 0.6 is 0 Å². The Kier molecular flexibility index (Phi) is 1.43. The lowest BCUT2D eigenvalue weighted by Gasteiger charge is -2.09. The largest absolute Gasteiger partial charge is 0.382 e. The number of amidine groups is 1. The first-order valence-electron chi connectivity index (χ1n) is 4.02. The molecule has 0 saturated heterocycles. The van der Waals surface area contributed by atoms with Crippen molar-refractivity contribution < 1.29 is 0 Å². The maximum absolute atomic E-state index is 5.70. The molecular formula is C8H12N4. The van der Waals surface area contributed by atoms with E-state index in [0.29, 0.717) is 5.84 Å². The van der Waals surface area contributed by atoms with Crippen molar-refractivity contribution in [3.63, 3.8) is 0 Å². The van der Waals surface area contributed by atoms with Gasteiger partial charge >= 0.3 is 0 Å². The Morgan fingerprint density at radius 2 is 2.25 bits per heavy atom. The fourth-order valence-corrected chi connectivity index (χ4v) is 1.50. The average molecular weight is 164 g/mol. The maximum atomic E-state index is 5.70. The third kappa shape index (κ3) is 0.841. The van der Waals surface area contributed by atoms with E-state index >= 15 is 0 Å². The molecule has 2 heterocycles. The molecule has 0 aliphatic carbocycles. The lowest BCUT2D eigenvalue weighted by Crippen LogP contribution is -2.21. The molecule has 0 bridgehead atoms. The standard InChI is InChI=1S/C8H12N4/c1-5-11-7-6(12(5)2)3-4-10-8(7)9/h3-4H2,1-2H3,(H2,9,10). The second-order valence-corrected chi connectivity index (χ2v) is 3.03. The summed E-state index contributed by atoms with van der Waals surface area (Å²) < 4.78 is 2.08. The highest BCUT2D eigenvalue weighted by Crippen LogP contribution is 2.14. The van der Waals surface area contributed by atoms with Gasteiger partial charge in [0.1, 0.15) is 17.4 Å². The Hall–Kier alpha value is -1.32. The van der Waals surface area contributed by atoms with Crippen molar-refractivity contribution in [3.8, 4) is 0 Å². The summed E-state index contributed by atoms with van der Waals surface area (Å²) in [5.74, 6) is 1.58. The van der Waals surface area contributed by atoms with Gasteiger partial charge in [-0.15, -0.1) is 0 Å². The van der Waals surface area contributed by atoms with Crippen LogP contribution < -0.4 is 5.73 Å². The number of aryl methyl sites for hydroxylation is 1. The molecule has 4 heteroatoms. The molecular weight excluding hydrogens is 152 g/mol. The van der Waals surface area contributed by atoms with Crippen molar-refractivity contribution in [1.82, 2.24) is 9.55 Å². The van der Waals surface area contributed by atoms with Crippen molar-refractivity contribution in [2.45, 2.75) is 13.3 Å². The molecule has 2 N–H and O–H groups in total. The van der Waals surface area contributed by atoms with E-state index in [2.05, 4.69) is 14.5 Å². The quantitative estimate of drug-likeness (QED) is 0.586. The Balaban J connectivity index is 2.63. The van der Waals surface area contributed by atoms with E-state index in [0.717, 1.165) is 24.5 Å². The summed E-state index contributed by atoms with van der Waals surface area (Å²) in [5, 5.41) is 0. The fourth-order valence-electron chi connectivity index (χ4n) is 1.50. The van der Waals surface area contributed by atoms with Crippen molar-refractivity contribution in [2.24, 2.45) is 17.8 Å². The minimum atomic E-state index is 0.583. The van der Waals surface area contributed by atoms with Gasteiger partial charge in [0.25, 0.3) is 0 Å². The SMILES string of the molecule is Cc1nc2c(n1C)CCN=C2N. The predicted octanol–water partition coefficient (Wildman–Crippen LogP) is -0.0101. The molecule has 0 aromatic carbocycles.